The van der Waals surface area contributed by atoms with Gasteiger partial charge in [0.2, 0.25) is 5.91 Å². The van der Waals surface area contributed by atoms with Gasteiger partial charge in [0.15, 0.2) is 0 Å². The van der Waals surface area contributed by atoms with Crippen LogP contribution >= 0.6 is 11.6 Å². The summed E-state index contributed by atoms with van der Waals surface area (Å²) in [6.07, 6.45) is 3.11. The molecule has 3 aromatic rings. The van der Waals surface area contributed by atoms with E-state index in [1.165, 1.54) is 13.1 Å². The van der Waals surface area contributed by atoms with Crippen LogP contribution in [0.25, 0.3) is 0 Å². The standard InChI is InChI=1S/C20H17ClN4O2/c1-13(26)23-17-3-2-4-18(10-17)25-20(27)14-9-19(12-22-11-14)24-16-7-5-15(21)6-8-16/h2-12,24H,1H3,(H,23,26)(H,25,27). The molecule has 0 unspecified atom stereocenters. The fourth-order valence-corrected chi connectivity index (χ4v) is 2.54. The van der Waals surface area contributed by atoms with Gasteiger partial charge in [0.1, 0.15) is 0 Å². The van der Waals surface area contributed by atoms with E-state index in [9.17, 15) is 9.59 Å². The van der Waals surface area contributed by atoms with Crippen molar-refractivity contribution in [3.8, 4) is 0 Å². The number of rotatable bonds is 5. The van der Waals surface area contributed by atoms with Gasteiger partial charge in [-0.3, -0.25) is 14.6 Å². The second-order valence-corrected chi connectivity index (χ2v) is 6.25. The Kier molecular flexibility index (Phi) is 5.68. The van der Waals surface area contributed by atoms with Gasteiger partial charge in [0.25, 0.3) is 5.91 Å². The van der Waals surface area contributed by atoms with Crippen molar-refractivity contribution in [3.63, 3.8) is 0 Å². The van der Waals surface area contributed by atoms with Crippen LogP contribution in [0.3, 0.4) is 0 Å². The number of carbonyl (C=O) groups is 2. The zero-order valence-corrected chi connectivity index (χ0v) is 15.2. The van der Waals surface area contributed by atoms with Crippen molar-refractivity contribution < 1.29 is 9.59 Å². The molecule has 3 N–H and O–H groups in total. The van der Waals surface area contributed by atoms with Crippen LogP contribution in [-0.4, -0.2) is 16.8 Å². The van der Waals surface area contributed by atoms with Crippen molar-refractivity contribution >= 4 is 46.2 Å². The van der Waals surface area contributed by atoms with E-state index < -0.39 is 0 Å². The molecule has 7 heteroatoms. The van der Waals surface area contributed by atoms with Crippen LogP contribution in [0.2, 0.25) is 5.02 Å². The average molecular weight is 381 g/mol. The van der Waals surface area contributed by atoms with E-state index in [0.717, 1.165) is 5.69 Å². The number of nitrogens with one attached hydrogen (secondary N) is 3. The summed E-state index contributed by atoms with van der Waals surface area (Å²) in [5, 5.41) is 9.29. The molecule has 0 fully saturated rings. The molecule has 0 saturated heterocycles. The summed E-state index contributed by atoms with van der Waals surface area (Å²) in [7, 11) is 0. The van der Waals surface area contributed by atoms with Gasteiger partial charge in [-0.2, -0.15) is 0 Å². The zero-order valence-electron chi connectivity index (χ0n) is 14.5. The number of halogens is 1. The molecule has 0 atom stereocenters. The molecule has 27 heavy (non-hydrogen) atoms. The molecule has 3 rings (SSSR count). The van der Waals surface area contributed by atoms with Crippen molar-refractivity contribution in [1.82, 2.24) is 4.98 Å². The number of nitrogens with zero attached hydrogens (tertiary/aromatic N) is 1. The van der Waals surface area contributed by atoms with Gasteiger partial charge < -0.3 is 16.0 Å². The van der Waals surface area contributed by atoms with E-state index in [4.69, 9.17) is 11.6 Å². The number of hydrogen-bond donors (Lipinski definition) is 3. The molecule has 6 nitrogen and oxygen atoms in total. The quantitative estimate of drug-likeness (QED) is 0.599. The lowest BCUT2D eigenvalue weighted by molar-refractivity contribution is -0.114. The van der Waals surface area contributed by atoms with Gasteiger partial charge in [-0.15, -0.1) is 0 Å². The molecule has 0 saturated carbocycles. The lowest BCUT2D eigenvalue weighted by Crippen LogP contribution is -2.13. The van der Waals surface area contributed by atoms with Gasteiger partial charge in [-0.25, -0.2) is 0 Å². The Balaban J connectivity index is 1.71. The molecule has 0 aliphatic carbocycles. The summed E-state index contributed by atoms with van der Waals surface area (Å²) in [6.45, 7) is 1.43. The molecule has 136 valence electrons. The second kappa shape index (κ2) is 8.33. The maximum absolute atomic E-state index is 12.5. The van der Waals surface area contributed by atoms with Crippen LogP contribution in [0, 0.1) is 0 Å². The maximum Gasteiger partial charge on any atom is 0.257 e. The maximum atomic E-state index is 12.5. The lowest BCUT2D eigenvalue weighted by Gasteiger charge is -2.10. The molecule has 2 aromatic carbocycles. The molecule has 0 spiro atoms. The Morgan fingerprint density at radius 2 is 1.56 bits per heavy atom. The molecular weight excluding hydrogens is 364 g/mol. The van der Waals surface area contributed by atoms with Crippen LogP contribution in [-0.2, 0) is 4.79 Å². The minimum atomic E-state index is -0.303. The van der Waals surface area contributed by atoms with Crippen molar-refractivity contribution in [2.75, 3.05) is 16.0 Å². The smallest absolute Gasteiger partial charge is 0.257 e. The largest absolute Gasteiger partial charge is 0.354 e. The summed E-state index contributed by atoms with van der Waals surface area (Å²) >= 11 is 5.88. The number of carbonyl (C=O) groups excluding carboxylic acids is 2. The summed E-state index contributed by atoms with van der Waals surface area (Å²) in [6, 6.07) is 15.8. The number of benzene rings is 2. The summed E-state index contributed by atoms with van der Waals surface area (Å²) in [5.41, 5.74) is 3.09. The SMILES string of the molecule is CC(=O)Nc1cccc(NC(=O)c2cncc(Nc3ccc(Cl)cc3)c2)c1. The molecule has 0 aliphatic rings. The van der Waals surface area contributed by atoms with E-state index in [0.29, 0.717) is 27.6 Å². The fourth-order valence-electron chi connectivity index (χ4n) is 2.41. The van der Waals surface area contributed by atoms with Gasteiger partial charge in [0.05, 0.1) is 17.4 Å². The molecule has 2 amide bonds. The minimum Gasteiger partial charge on any atom is -0.354 e. The van der Waals surface area contributed by atoms with Gasteiger partial charge >= 0.3 is 0 Å². The topological polar surface area (TPSA) is 83.1 Å². The summed E-state index contributed by atoms with van der Waals surface area (Å²) in [5.74, 6) is -0.481. The summed E-state index contributed by atoms with van der Waals surface area (Å²) < 4.78 is 0. The van der Waals surface area contributed by atoms with Crippen molar-refractivity contribution in [2.24, 2.45) is 0 Å². The Hall–Kier alpha value is -3.38. The lowest BCUT2D eigenvalue weighted by atomic mass is 10.2. The van der Waals surface area contributed by atoms with E-state index >= 15 is 0 Å². The highest BCUT2D eigenvalue weighted by Crippen LogP contribution is 2.20. The average Bonchev–Trinajstić information content (AvgIpc) is 2.64. The van der Waals surface area contributed by atoms with Crippen molar-refractivity contribution in [3.05, 3.63) is 77.6 Å². The number of aromatic nitrogens is 1. The van der Waals surface area contributed by atoms with Crippen LogP contribution in [0.1, 0.15) is 17.3 Å². The van der Waals surface area contributed by atoms with Crippen LogP contribution in [0.15, 0.2) is 67.0 Å². The van der Waals surface area contributed by atoms with Gasteiger partial charge in [-0.1, -0.05) is 17.7 Å². The predicted molar refractivity (Wildman–Crippen MR) is 108 cm³/mol. The second-order valence-electron chi connectivity index (χ2n) is 5.81. The number of pyridine rings is 1. The third-order valence-electron chi connectivity index (χ3n) is 3.57. The first kappa shape index (κ1) is 18.4. The summed E-state index contributed by atoms with van der Waals surface area (Å²) in [4.78, 5) is 27.8. The van der Waals surface area contributed by atoms with Gasteiger partial charge in [-0.05, 0) is 48.5 Å². The van der Waals surface area contributed by atoms with E-state index in [1.807, 2.05) is 12.1 Å². The highest BCUT2D eigenvalue weighted by molar-refractivity contribution is 6.30. The molecular formula is C20H17ClN4O2. The van der Waals surface area contributed by atoms with Crippen LogP contribution in [0.5, 0.6) is 0 Å². The van der Waals surface area contributed by atoms with E-state index in [2.05, 4.69) is 20.9 Å². The first-order chi connectivity index (χ1) is 13.0. The Bertz CT molecular complexity index is 974. The minimum absolute atomic E-state index is 0.177. The van der Waals surface area contributed by atoms with E-state index in [-0.39, 0.29) is 11.8 Å². The predicted octanol–water partition coefficient (Wildman–Crippen LogP) is 4.69. The number of amides is 2. The first-order valence-corrected chi connectivity index (χ1v) is 8.54. The van der Waals surface area contributed by atoms with Crippen LogP contribution in [0.4, 0.5) is 22.7 Å². The third-order valence-corrected chi connectivity index (χ3v) is 3.83. The molecule has 1 aromatic heterocycles. The normalized spacial score (nSPS) is 10.1. The monoisotopic (exact) mass is 380 g/mol. The van der Waals surface area contributed by atoms with Crippen molar-refractivity contribution in [2.45, 2.75) is 6.92 Å². The fraction of sp³-hybridized carbons (Fsp3) is 0.0500. The highest BCUT2D eigenvalue weighted by atomic mass is 35.5. The van der Waals surface area contributed by atoms with E-state index in [1.54, 1.807) is 48.7 Å². The number of hydrogen-bond acceptors (Lipinski definition) is 4. The molecule has 0 aliphatic heterocycles. The number of anilines is 4. The Morgan fingerprint density at radius 1 is 0.852 bits per heavy atom. The van der Waals surface area contributed by atoms with Crippen molar-refractivity contribution in [1.29, 1.82) is 0 Å². The first-order valence-electron chi connectivity index (χ1n) is 8.16. The molecule has 1 heterocycles. The van der Waals surface area contributed by atoms with Crippen LogP contribution < -0.4 is 16.0 Å². The highest BCUT2D eigenvalue weighted by Gasteiger charge is 2.09. The third kappa shape index (κ3) is 5.29. The molecule has 0 bridgehead atoms. The Morgan fingerprint density at radius 3 is 2.26 bits per heavy atom. The Labute approximate surface area is 161 Å². The van der Waals surface area contributed by atoms with Gasteiger partial charge in [0, 0.05) is 35.2 Å². The zero-order chi connectivity index (χ0) is 19.2. The molecule has 0 radical (unpaired) electrons.